The van der Waals surface area contributed by atoms with Crippen LogP contribution in [-0.4, -0.2) is 42.7 Å². The number of hydrogen-bond acceptors (Lipinski definition) is 6. The Morgan fingerprint density at radius 3 is 2.70 bits per heavy atom. The molecule has 1 aliphatic rings. The first-order chi connectivity index (χ1) is 19.0. The first kappa shape index (κ1) is 26.7. The predicted molar refractivity (Wildman–Crippen MR) is 154 cm³/mol. The minimum absolute atomic E-state index is 0.100. The molecule has 10 heteroatoms. The van der Waals surface area contributed by atoms with Crippen LogP contribution in [0.2, 0.25) is 0 Å². The number of anilines is 2. The molecule has 5 rings (SSSR count). The van der Waals surface area contributed by atoms with E-state index in [1.54, 1.807) is 10.9 Å². The number of carbonyl (C=O) groups excluding carboxylic acids is 2. The van der Waals surface area contributed by atoms with Crippen molar-refractivity contribution in [3.05, 3.63) is 76.2 Å². The lowest BCUT2D eigenvalue weighted by atomic mass is 9.92. The quantitative estimate of drug-likeness (QED) is 0.344. The third-order valence-corrected chi connectivity index (χ3v) is 6.85. The molecule has 0 atom stereocenters. The fourth-order valence-corrected chi connectivity index (χ4v) is 4.66. The molecule has 1 aromatic carbocycles. The summed E-state index contributed by atoms with van der Waals surface area (Å²) in [6.45, 7) is 6.84. The lowest BCUT2D eigenvalue weighted by Crippen LogP contribution is -2.31. The third-order valence-electron chi connectivity index (χ3n) is 6.85. The Bertz CT molecular complexity index is 1690. The zero-order chi connectivity index (χ0) is 28.6. The molecule has 0 bridgehead atoms. The molecule has 0 saturated heterocycles. The van der Waals surface area contributed by atoms with E-state index in [0.717, 1.165) is 34.6 Å². The van der Waals surface area contributed by atoms with Gasteiger partial charge in [0.05, 0.1) is 28.9 Å². The zero-order valence-corrected chi connectivity index (χ0v) is 23.3. The second-order valence-electron chi connectivity index (χ2n) is 10.9. The van der Waals surface area contributed by atoms with Gasteiger partial charge in [-0.2, -0.15) is 5.10 Å². The number of aryl methyl sites for hydroxylation is 1. The molecule has 4 N–H and O–H groups in total. The number of rotatable bonds is 4. The molecular weight excluding hydrogens is 504 g/mol. The van der Waals surface area contributed by atoms with Crippen molar-refractivity contribution in [2.75, 3.05) is 17.6 Å². The van der Waals surface area contributed by atoms with Crippen LogP contribution in [0.1, 0.15) is 59.2 Å². The summed E-state index contributed by atoms with van der Waals surface area (Å²) in [6.07, 6.45) is 2.52. The lowest BCUT2D eigenvalue weighted by molar-refractivity contribution is -0.115. The highest BCUT2D eigenvalue weighted by Crippen LogP contribution is 2.28. The number of hydrogen-bond donors (Lipinski definition) is 3. The number of nitrogen functional groups attached to an aromatic ring is 1. The van der Waals surface area contributed by atoms with E-state index >= 15 is 0 Å². The molecule has 4 aromatic rings. The number of nitrogens with zero attached hydrogens (tertiary/aromatic N) is 5. The van der Waals surface area contributed by atoms with Gasteiger partial charge in [0.25, 0.3) is 5.91 Å². The maximum absolute atomic E-state index is 12.8. The molecule has 40 heavy (non-hydrogen) atoms. The van der Waals surface area contributed by atoms with Gasteiger partial charge in [0.2, 0.25) is 11.9 Å². The van der Waals surface area contributed by atoms with Crippen LogP contribution in [0.15, 0.2) is 42.6 Å². The number of aromatic nitrogens is 5. The fraction of sp³-hybridized carbons (Fsp3) is 0.300. The standard InChI is InChI=1S/C30H32N8O2/c1-30(2,3)24-16-25(38(5)36-24)34-26(39)14-19-8-6-7-18(13-19)9-10-20-17-33-29(31)35-27(20)23-15-21-22(37(23)4)11-12-32-28(21)40/h6-8,13,15-17H,11-12,14H2,1-5H3,(H,32,40)(H,34,39)(H2,31,33,35). The maximum atomic E-state index is 12.8. The zero-order valence-electron chi connectivity index (χ0n) is 23.3. The summed E-state index contributed by atoms with van der Waals surface area (Å²) >= 11 is 0. The number of fused-ring (bicyclic) bond motifs is 1. The average molecular weight is 537 g/mol. The minimum Gasteiger partial charge on any atom is -0.368 e. The van der Waals surface area contributed by atoms with Gasteiger partial charge in [-0.05, 0) is 23.8 Å². The van der Waals surface area contributed by atoms with Crippen molar-refractivity contribution in [1.29, 1.82) is 0 Å². The molecule has 0 unspecified atom stereocenters. The Kier molecular flexibility index (Phi) is 6.90. The number of nitrogens with two attached hydrogens (primary N) is 1. The van der Waals surface area contributed by atoms with Crippen molar-refractivity contribution in [1.82, 2.24) is 29.6 Å². The Hall–Kier alpha value is -4.91. The van der Waals surface area contributed by atoms with Crippen LogP contribution in [-0.2, 0) is 37.1 Å². The van der Waals surface area contributed by atoms with Crippen molar-refractivity contribution in [2.24, 2.45) is 14.1 Å². The van der Waals surface area contributed by atoms with Gasteiger partial charge in [-0.25, -0.2) is 9.97 Å². The first-order valence-corrected chi connectivity index (χ1v) is 13.0. The van der Waals surface area contributed by atoms with Crippen molar-refractivity contribution in [2.45, 2.75) is 39.0 Å². The van der Waals surface area contributed by atoms with E-state index in [-0.39, 0.29) is 29.6 Å². The molecule has 4 heterocycles. The fourth-order valence-electron chi connectivity index (χ4n) is 4.66. The molecular formula is C30H32N8O2. The highest BCUT2D eigenvalue weighted by molar-refractivity contribution is 5.98. The van der Waals surface area contributed by atoms with E-state index in [2.05, 4.69) is 58.3 Å². The summed E-state index contributed by atoms with van der Waals surface area (Å²) in [5.41, 5.74) is 11.8. The number of carbonyl (C=O) groups is 2. The van der Waals surface area contributed by atoms with Gasteiger partial charge < -0.3 is 20.9 Å². The highest BCUT2D eigenvalue weighted by atomic mass is 16.2. The van der Waals surface area contributed by atoms with Gasteiger partial charge >= 0.3 is 0 Å². The summed E-state index contributed by atoms with van der Waals surface area (Å²) < 4.78 is 3.65. The molecule has 0 fully saturated rings. The van der Waals surface area contributed by atoms with E-state index in [1.165, 1.54) is 0 Å². The maximum Gasteiger partial charge on any atom is 0.253 e. The van der Waals surface area contributed by atoms with E-state index in [9.17, 15) is 9.59 Å². The molecule has 1 aliphatic heterocycles. The molecule has 10 nitrogen and oxygen atoms in total. The Balaban J connectivity index is 1.37. The SMILES string of the molecule is Cn1nc(C(C)(C)C)cc1NC(=O)Cc1cccc(C#Cc2cnc(N)nc2-c2cc3c(n2C)CCNC3=O)c1. The summed E-state index contributed by atoms with van der Waals surface area (Å²) in [5, 5.41) is 10.3. The number of nitrogens with one attached hydrogen (secondary N) is 2. The van der Waals surface area contributed by atoms with Crippen molar-refractivity contribution in [3.63, 3.8) is 0 Å². The van der Waals surface area contributed by atoms with Gasteiger partial charge in [0, 0.05) is 56.0 Å². The molecule has 2 amide bonds. The van der Waals surface area contributed by atoms with Crippen molar-refractivity contribution < 1.29 is 9.59 Å². The summed E-state index contributed by atoms with van der Waals surface area (Å²) in [5.74, 6) is 6.87. The highest BCUT2D eigenvalue weighted by Gasteiger charge is 2.24. The Morgan fingerprint density at radius 2 is 1.98 bits per heavy atom. The van der Waals surface area contributed by atoms with Gasteiger partial charge in [0.15, 0.2) is 0 Å². The van der Waals surface area contributed by atoms with Crippen LogP contribution in [0.5, 0.6) is 0 Å². The van der Waals surface area contributed by atoms with E-state index in [0.29, 0.717) is 29.2 Å². The average Bonchev–Trinajstić information content (AvgIpc) is 3.44. The van der Waals surface area contributed by atoms with Crippen molar-refractivity contribution in [3.8, 4) is 23.2 Å². The summed E-state index contributed by atoms with van der Waals surface area (Å²) in [6, 6.07) is 11.3. The normalized spacial score (nSPS) is 12.8. The van der Waals surface area contributed by atoms with Crippen LogP contribution in [0.4, 0.5) is 11.8 Å². The molecule has 0 aliphatic carbocycles. The van der Waals surface area contributed by atoms with Crippen LogP contribution >= 0.6 is 0 Å². The second-order valence-corrected chi connectivity index (χ2v) is 10.9. The number of amides is 2. The van der Waals surface area contributed by atoms with E-state index in [1.807, 2.05) is 55.1 Å². The van der Waals surface area contributed by atoms with Crippen LogP contribution in [0, 0.1) is 11.8 Å². The van der Waals surface area contributed by atoms with Gasteiger partial charge in [-0.1, -0.05) is 44.7 Å². The summed E-state index contributed by atoms with van der Waals surface area (Å²) in [4.78, 5) is 33.8. The predicted octanol–water partition coefficient (Wildman–Crippen LogP) is 2.96. The van der Waals surface area contributed by atoms with Crippen LogP contribution < -0.4 is 16.4 Å². The van der Waals surface area contributed by atoms with Gasteiger partial charge in [-0.15, -0.1) is 0 Å². The molecule has 3 aromatic heterocycles. The van der Waals surface area contributed by atoms with Crippen molar-refractivity contribution >= 4 is 23.6 Å². The van der Waals surface area contributed by atoms with Gasteiger partial charge in [0.1, 0.15) is 11.5 Å². The lowest BCUT2D eigenvalue weighted by Gasteiger charge is -2.14. The topological polar surface area (TPSA) is 133 Å². The van der Waals surface area contributed by atoms with Crippen LogP contribution in [0.25, 0.3) is 11.4 Å². The smallest absolute Gasteiger partial charge is 0.253 e. The monoisotopic (exact) mass is 536 g/mol. The Labute approximate surface area is 233 Å². The second kappa shape index (κ2) is 10.3. The van der Waals surface area contributed by atoms with Gasteiger partial charge in [-0.3, -0.25) is 14.3 Å². The van der Waals surface area contributed by atoms with E-state index < -0.39 is 0 Å². The molecule has 0 radical (unpaired) electrons. The third kappa shape index (κ3) is 5.45. The number of benzene rings is 1. The largest absolute Gasteiger partial charge is 0.368 e. The van der Waals surface area contributed by atoms with E-state index in [4.69, 9.17) is 5.73 Å². The molecule has 204 valence electrons. The Morgan fingerprint density at radius 1 is 1.18 bits per heavy atom. The molecule has 0 saturated carbocycles. The minimum atomic E-state index is -0.139. The van der Waals surface area contributed by atoms with Crippen LogP contribution in [0.3, 0.4) is 0 Å². The molecule has 0 spiro atoms. The summed E-state index contributed by atoms with van der Waals surface area (Å²) in [7, 11) is 3.72. The first-order valence-electron chi connectivity index (χ1n) is 13.0.